The number of anilines is 1. The van der Waals surface area contributed by atoms with E-state index in [1.807, 2.05) is 0 Å². The summed E-state index contributed by atoms with van der Waals surface area (Å²) in [5.41, 5.74) is 1.29. The van der Waals surface area contributed by atoms with Crippen molar-refractivity contribution in [3.05, 3.63) is 69.8 Å². The number of hydrogen-bond donors (Lipinski definition) is 1. The van der Waals surface area contributed by atoms with Crippen molar-refractivity contribution < 1.29 is 14.0 Å². The number of carbonyl (C=O) groups excluding carboxylic acids is 2. The van der Waals surface area contributed by atoms with E-state index in [1.54, 1.807) is 30.3 Å². The molecule has 2 amide bonds. The molecule has 4 nitrogen and oxygen atoms in total. The molecular weight excluding hydrogens is 351 g/mol. The summed E-state index contributed by atoms with van der Waals surface area (Å²) in [6.45, 7) is 0.0101. The van der Waals surface area contributed by atoms with Crippen molar-refractivity contribution in [1.29, 1.82) is 0 Å². The van der Waals surface area contributed by atoms with Gasteiger partial charge in [0, 0.05) is 10.7 Å². The molecule has 7 heteroatoms. The van der Waals surface area contributed by atoms with Crippen molar-refractivity contribution in [3.8, 4) is 0 Å². The van der Waals surface area contributed by atoms with E-state index in [0.717, 1.165) is 16.7 Å². The maximum Gasteiger partial charge on any atom is 0.295 e. The first-order chi connectivity index (χ1) is 11.5. The van der Waals surface area contributed by atoms with Gasteiger partial charge in [0.05, 0.1) is 11.6 Å². The summed E-state index contributed by atoms with van der Waals surface area (Å²) in [6, 6.07) is 12.7. The second-order valence-corrected chi connectivity index (χ2v) is 6.37. The predicted molar refractivity (Wildman–Crippen MR) is 94.2 cm³/mol. The normalized spacial score (nSPS) is 16.1. The number of thioether (sulfide) groups is 1. The predicted octanol–water partition coefficient (Wildman–Crippen LogP) is 4.59. The molecule has 1 N–H and O–H groups in total. The third-order valence-corrected chi connectivity index (χ3v) is 4.60. The van der Waals surface area contributed by atoms with Crippen LogP contribution in [0.1, 0.15) is 5.56 Å². The molecule has 2 aromatic rings. The van der Waals surface area contributed by atoms with Crippen LogP contribution in [0, 0.1) is 5.82 Å². The summed E-state index contributed by atoms with van der Waals surface area (Å²) in [6.07, 6.45) is 1.60. The number of benzene rings is 2. The molecular formula is C17H12ClFN2O2S. The van der Waals surface area contributed by atoms with Crippen LogP contribution in [-0.4, -0.2) is 22.7 Å². The van der Waals surface area contributed by atoms with Crippen molar-refractivity contribution in [2.45, 2.75) is 0 Å². The number of imide groups is 1. The Kier molecular flexibility index (Phi) is 4.87. The topological polar surface area (TPSA) is 49.4 Å². The van der Waals surface area contributed by atoms with Crippen LogP contribution in [0.15, 0.2) is 53.4 Å². The molecule has 0 spiro atoms. The number of rotatable bonds is 4. The Labute approximate surface area is 147 Å². The minimum Gasteiger partial charge on any atom is -0.367 e. The molecule has 0 aliphatic carbocycles. The zero-order valence-electron chi connectivity index (χ0n) is 12.3. The van der Waals surface area contributed by atoms with Gasteiger partial charge in [-0.05, 0) is 53.7 Å². The lowest BCUT2D eigenvalue weighted by atomic mass is 10.2. The highest BCUT2D eigenvalue weighted by Gasteiger charge is 2.34. The Balaban J connectivity index is 1.72. The fourth-order valence-electron chi connectivity index (χ4n) is 2.11. The van der Waals surface area contributed by atoms with Crippen molar-refractivity contribution in [1.82, 2.24) is 4.90 Å². The molecule has 122 valence electrons. The Morgan fingerprint density at radius 2 is 1.83 bits per heavy atom. The van der Waals surface area contributed by atoms with E-state index in [4.69, 9.17) is 11.6 Å². The second kappa shape index (κ2) is 7.07. The van der Waals surface area contributed by atoms with E-state index in [9.17, 15) is 14.0 Å². The molecule has 0 unspecified atom stereocenters. The van der Waals surface area contributed by atoms with Gasteiger partial charge in [-0.1, -0.05) is 29.8 Å². The SMILES string of the molecule is O=C1S/C(=C/c2ccccc2Cl)C(=O)N1CNc1ccc(F)cc1. The Bertz CT molecular complexity index is 824. The summed E-state index contributed by atoms with van der Waals surface area (Å²) in [7, 11) is 0. The molecule has 0 atom stereocenters. The quantitative estimate of drug-likeness (QED) is 0.808. The highest BCUT2D eigenvalue weighted by Crippen LogP contribution is 2.33. The standard InChI is InChI=1S/C17H12ClFN2O2S/c18-14-4-2-1-3-11(14)9-15-16(22)21(17(23)24-15)10-20-13-7-5-12(19)6-8-13/h1-9,20H,10H2/b15-9+. The van der Waals surface area contributed by atoms with Crippen LogP contribution >= 0.6 is 23.4 Å². The Morgan fingerprint density at radius 1 is 1.12 bits per heavy atom. The van der Waals surface area contributed by atoms with Gasteiger partial charge >= 0.3 is 0 Å². The molecule has 1 aliphatic rings. The highest BCUT2D eigenvalue weighted by atomic mass is 35.5. The lowest BCUT2D eigenvalue weighted by molar-refractivity contribution is -0.122. The number of carbonyl (C=O) groups is 2. The molecule has 1 fully saturated rings. The first kappa shape index (κ1) is 16.5. The van der Waals surface area contributed by atoms with Gasteiger partial charge in [-0.3, -0.25) is 14.5 Å². The first-order valence-electron chi connectivity index (χ1n) is 7.04. The van der Waals surface area contributed by atoms with Gasteiger partial charge in [-0.15, -0.1) is 0 Å². The molecule has 1 aliphatic heterocycles. The van der Waals surface area contributed by atoms with Gasteiger partial charge in [0.2, 0.25) is 0 Å². The minimum atomic E-state index is -0.389. The molecule has 0 aromatic heterocycles. The summed E-state index contributed by atoms with van der Waals surface area (Å²) >= 11 is 6.93. The van der Waals surface area contributed by atoms with E-state index in [-0.39, 0.29) is 23.6 Å². The first-order valence-corrected chi connectivity index (χ1v) is 8.23. The lowest BCUT2D eigenvalue weighted by Crippen LogP contribution is -2.33. The highest BCUT2D eigenvalue weighted by molar-refractivity contribution is 8.18. The summed E-state index contributed by atoms with van der Waals surface area (Å²) in [5, 5.41) is 3.06. The van der Waals surface area contributed by atoms with Gasteiger partial charge in [-0.25, -0.2) is 4.39 Å². The third-order valence-electron chi connectivity index (χ3n) is 3.35. The van der Waals surface area contributed by atoms with Crippen LogP contribution in [0.5, 0.6) is 0 Å². The number of amides is 2. The van der Waals surface area contributed by atoms with Crippen molar-refractivity contribution in [2.24, 2.45) is 0 Å². The summed E-state index contributed by atoms with van der Waals surface area (Å²) in [4.78, 5) is 25.8. The smallest absolute Gasteiger partial charge is 0.295 e. The zero-order valence-corrected chi connectivity index (χ0v) is 13.9. The molecule has 1 saturated heterocycles. The van der Waals surface area contributed by atoms with Crippen molar-refractivity contribution >= 4 is 46.3 Å². The average molecular weight is 363 g/mol. The third kappa shape index (κ3) is 3.60. The van der Waals surface area contributed by atoms with Crippen molar-refractivity contribution in [3.63, 3.8) is 0 Å². The molecule has 0 saturated carbocycles. The zero-order chi connectivity index (χ0) is 17.1. The maximum absolute atomic E-state index is 12.9. The average Bonchev–Trinajstić information content (AvgIpc) is 2.83. The Hall–Kier alpha value is -2.31. The largest absolute Gasteiger partial charge is 0.367 e. The molecule has 1 heterocycles. The van der Waals surface area contributed by atoms with Gasteiger partial charge in [0.25, 0.3) is 11.1 Å². The molecule has 0 bridgehead atoms. The molecule has 24 heavy (non-hydrogen) atoms. The van der Waals surface area contributed by atoms with Gasteiger partial charge < -0.3 is 5.32 Å². The van der Waals surface area contributed by atoms with Crippen molar-refractivity contribution in [2.75, 3.05) is 12.0 Å². The fraction of sp³-hybridized carbons (Fsp3) is 0.0588. The van der Waals surface area contributed by atoms with E-state index in [2.05, 4.69) is 5.32 Å². The molecule has 3 rings (SSSR count). The number of nitrogens with one attached hydrogen (secondary N) is 1. The van der Waals surface area contributed by atoms with Gasteiger partial charge in [0.1, 0.15) is 5.82 Å². The van der Waals surface area contributed by atoms with E-state index >= 15 is 0 Å². The van der Waals surface area contributed by atoms with Crippen LogP contribution in [0.2, 0.25) is 5.02 Å². The fourth-order valence-corrected chi connectivity index (χ4v) is 3.13. The second-order valence-electron chi connectivity index (χ2n) is 4.97. The van der Waals surface area contributed by atoms with E-state index in [1.165, 1.54) is 24.3 Å². The van der Waals surface area contributed by atoms with Crippen LogP contribution in [0.25, 0.3) is 6.08 Å². The minimum absolute atomic E-state index is 0.0101. The number of nitrogens with zero attached hydrogens (tertiary/aromatic N) is 1. The van der Waals surface area contributed by atoms with Crippen LogP contribution in [0.4, 0.5) is 14.9 Å². The van der Waals surface area contributed by atoms with Crippen LogP contribution < -0.4 is 5.32 Å². The number of hydrogen-bond acceptors (Lipinski definition) is 4. The molecule has 0 radical (unpaired) electrons. The van der Waals surface area contributed by atoms with Gasteiger partial charge in [0.15, 0.2) is 0 Å². The van der Waals surface area contributed by atoms with Crippen LogP contribution in [-0.2, 0) is 4.79 Å². The van der Waals surface area contributed by atoms with Crippen LogP contribution in [0.3, 0.4) is 0 Å². The Morgan fingerprint density at radius 3 is 2.54 bits per heavy atom. The number of halogens is 2. The monoisotopic (exact) mass is 362 g/mol. The lowest BCUT2D eigenvalue weighted by Gasteiger charge is -2.14. The summed E-state index contributed by atoms with van der Waals surface area (Å²) < 4.78 is 12.9. The van der Waals surface area contributed by atoms with E-state index in [0.29, 0.717) is 21.2 Å². The molecule has 2 aromatic carbocycles. The van der Waals surface area contributed by atoms with E-state index < -0.39 is 0 Å². The maximum atomic E-state index is 12.9. The summed E-state index contributed by atoms with van der Waals surface area (Å²) in [5.74, 6) is -0.742. The van der Waals surface area contributed by atoms with Gasteiger partial charge in [-0.2, -0.15) is 0 Å².